The van der Waals surface area contributed by atoms with Crippen molar-refractivity contribution in [3.63, 3.8) is 0 Å². The maximum atomic E-state index is 12.8. The van der Waals surface area contributed by atoms with Crippen LogP contribution in [0.4, 0.5) is 5.69 Å². The quantitative estimate of drug-likeness (QED) is 0.777. The number of hydrogen-bond acceptors (Lipinski definition) is 5. The van der Waals surface area contributed by atoms with Gasteiger partial charge in [0.1, 0.15) is 6.61 Å². The van der Waals surface area contributed by atoms with Crippen LogP contribution in [0.2, 0.25) is 0 Å². The van der Waals surface area contributed by atoms with Gasteiger partial charge in [-0.2, -0.15) is 0 Å². The van der Waals surface area contributed by atoms with Crippen LogP contribution in [0.1, 0.15) is 28.8 Å². The van der Waals surface area contributed by atoms with Crippen LogP contribution in [0.3, 0.4) is 0 Å². The fourth-order valence-corrected chi connectivity index (χ4v) is 3.22. The summed E-state index contributed by atoms with van der Waals surface area (Å²) in [6.07, 6.45) is 1.68. The highest BCUT2D eigenvalue weighted by Gasteiger charge is 2.30. The average Bonchev–Trinajstić information content (AvgIpc) is 3.15. The lowest BCUT2D eigenvalue weighted by molar-refractivity contribution is 0.0678. The molecule has 1 atom stereocenters. The van der Waals surface area contributed by atoms with E-state index < -0.39 is 0 Å². The van der Waals surface area contributed by atoms with Crippen molar-refractivity contribution < 1.29 is 19.4 Å². The van der Waals surface area contributed by atoms with E-state index in [4.69, 9.17) is 15.2 Å². The van der Waals surface area contributed by atoms with Crippen LogP contribution in [0.15, 0.2) is 42.5 Å². The van der Waals surface area contributed by atoms with Crippen molar-refractivity contribution in [1.29, 1.82) is 0 Å². The molecular weight excluding hydrogens is 332 g/mol. The first kappa shape index (κ1) is 18.1. The van der Waals surface area contributed by atoms with E-state index in [-0.39, 0.29) is 18.6 Å². The van der Waals surface area contributed by atoms with Gasteiger partial charge < -0.3 is 25.2 Å². The maximum Gasteiger partial charge on any atom is 0.256 e. The Balaban J connectivity index is 1.81. The van der Waals surface area contributed by atoms with Crippen LogP contribution in [0, 0.1) is 0 Å². The minimum absolute atomic E-state index is 0.0406. The molecule has 0 saturated carbocycles. The van der Waals surface area contributed by atoms with E-state index >= 15 is 0 Å². The van der Waals surface area contributed by atoms with Crippen LogP contribution in [0.25, 0.3) is 0 Å². The molecule has 0 aromatic heterocycles. The van der Waals surface area contributed by atoms with Gasteiger partial charge in [0.15, 0.2) is 11.5 Å². The molecule has 2 aromatic carbocycles. The Hall–Kier alpha value is -2.73. The summed E-state index contributed by atoms with van der Waals surface area (Å²) in [5.41, 5.74) is 7.85. The van der Waals surface area contributed by atoms with Crippen molar-refractivity contribution in [2.24, 2.45) is 0 Å². The number of nitrogen functional groups attached to an aromatic ring is 1. The molecule has 1 aliphatic heterocycles. The number of aliphatic hydroxyl groups excluding tert-OH is 1. The number of likely N-dealkylation sites (tertiary alicyclic amines) is 1. The summed E-state index contributed by atoms with van der Waals surface area (Å²) in [5, 5.41) is 9.45. The molecule has 1 heterocycles. The van der Waals surface area contributed by atoms with Crippen molar-refractivity contribution in [3.8, 4) is 11.5 Å². The molecule has 0 bridgehead atoms. The number of benzene rings is 2. The Morgan fingerprint density at radius 1 is 1.27 bits per heavy atom. The summed E-state index contributed by atoms with van der Waals surface area (Å²) in [7, 11) is 1.53. The lowest BCUT2D eigenvalue weighted by atomic mass is 10.1. The molecule has 1 amide bonds. The number of carbonyl (C=O) groups is 1. The third kappa shape index (κ3) is 3.75. The Bertz CT molecular complexity index is 764. The number of anilines is 1. The van der Waals surface area contributed by atoms with Gasteiger partial charge in [0.05, 0.1) is 25.3 Å². The van der Waals surface area contributed by atoms with Crippen LogP contribution in [-0.4, -0.2) is 42.2 Å². The maximum absolute atomic E-state index is 12.8. The topological polar surface area (TPSA) is 85.0 Å². The van der Waals surface area contributed by atoms with Gasteiger partial charge in [-0.3, -0.25) is 4.79 Å². The Morgan fingerprint density at radius 2 is 2.04 bits per heavy atom. The molecule has 1 fully saturated rings. The van der Waals surface area contributed by atoms with E-state index in [0.717, 1.165) is 18.4 Å². The average molecular weight is 356 g/mol. The SMILES string of the molecule is COc1cc(C(=O)N2CCCC2CO)c(N)cc1OCc1ccccc1. The van der Waals surface area contributed by atoms with Crippen molar-refractivity contribution in [3.05, 3.63) is 53.6 Å². The molecule has 3 N–H and O–H groups in total. The van der Waals surface area contributed by atoms with Gasteiger partial charge in [0, 0.05) is 18.3 Å². The van der Waals surface area contributed by atoms with Crippen LogP contribution < -0.4 is 15.2 Å². The van der Waals surface area contributed by atoms with E-state index in [9.17, 15) is 9.90 Å². The van der Waals surface area contributed by atoms with Crippen LogP contribution >= 0.6 is 0 Å². The molecule has 1 saturated heterocycles. The van der Waals surface area contributed by atoms with E-state index in [1.165, 1.54) is 7.11 Å². The van der Waals surface area contributed by atoms with E-state index in [2.05, 4.69) is 0 Å². The molecule has 3 rings (SSSR count). The second kappa shape index (κ2) is 8.10. The summed E-state index contributed by atoms with van der Waals surface area (Å²) in [6, 6.07) is 12.9. The minimum Gasteiger partial charge on any atom is -0.493 e. The van der Waals surface area contributed by atoms with Crippen molar-refractivity contribution in [2.75, 3.05) is 26.0 Å². The van der Waals surface area contributed by atoms with Crippen molar-refractivity contribution in [1.82, 2.24) is 4.90 Å². The summed E-state index contributed by atoms with van der Waals surface area (Å²) < 4.78 is 11.2. The van der Waals surface area contributed by atoms with E-state index in [0.29, 0.717) is 35.9 Å². The van der Waals surface area contributed by atoms with Gasteiger partial charge in [0.2, 0.25) is 0 Å². The molecule has 6 nitrogen and oxygen atoms in total. The number of nitrogens with two attached hydrogens (primary N) is 1. The standard InChI is InChI=1S/C20H24N2O4/c1-25-18-10-16(20(24)22-9-5-8-15(22)12-23)17(21)11-19(18)26-13-14-6-3-2-4-7-14/h2-4,6-7,10-11,15,23H,5,8-9,12-13,21H2,1H3. The zero-order valence-electron chi connectivity index (χ0n) is 14.9. The molecule has 0 spiro atoms. The smallest absolute Gasteiger partial charge is 0.256 e. The number of nitrogens with zero attached hydrogens (tertiary/aromatic N) is 1. The minimum atomic E-state index is -0.188. The Morgan fingerprint density at radius 3 is 2.73 bits per heavy atom. The second-order valence-electron chi connectivity index (χ2n) is 6.34. The fourth-order valence-electron chi connectivity index (χ4n) is 3.22. The number of methoxy groups -OCH3 is 1. The molecule has 26 heavy (non-hydrogen) atoms. The normalized spacial score (nSPS) is 16.5. The number of aliphatic hydroxyl groups is 1. The molecule has 1 unspecified atom stereocenters. The van der Waals surface area contributed by atoms with Crippen LogP contribution in [0.5, 0.6) is 11.5 Å². The lowest BCUT2D eigenvalue weighted by Crippen LogP contribution is -2.37. The highest BCUT2D eigenvalue weighted by Crippen LogP contribution is 2.34. The molecule has 6 heteroatoms. The number of amides is 1. The monoisotopic (exact) mass is 356 g/mol. The third-order valence-electron chi connectivity index (χ3n) is 4.65. The Labute approximate surface area is 153 Å². The van der Waals surface area contributed by atoms with E-state index in [1.54, 1.807) is 17.0 Å². The number of hydrogen-bond donors (Lipinski definition) is 2. The molecule has 2 aromatic rings. The fraction of sp³-hybridized carbons (Fsp3) is 0.350. The largest absolute Gasteiger partial charge is 0.493 e. The third-order valence-corrected chi connectivity index (χ3v) is 4.65. The number of carbonyl (C=O) groups excluding carboxylic acids is 1. The summed E-state index contributed by atoms with van der Waals surface area (Å²) in [6.45, 7) is 0.960. The van der Waals surface area contributed by atoms with Gasteiger partial charge in [-0.05, 0) is 24.5 Å². The van der Waals surface area contributed by atoms with Gasteiger partial charge in [-0.1, -0.05) is 30.3 Å². The molecule has 138 valence electrons. The van der Waals surface area contributed by atoms with Crippen LogP contribution in [-0.2, 0) is 6.61 Å². The van der Waals surface area contributed by atoms with Gasteiger partial charge in [-0.25, -0.2) is 0 Å². The zero-order chi connectivity index (χ0) is 18.5. The predicted octanol–water partition coefficient (Wildman–Crippen LogP) is 2.45. The molecule has 0 aliphatic carbocycles. The second-order valence-corrected chi connectivity index (χ2v) is 6.34. The highest BCUT2D eigenvalue weighted by molar-refractivity contribution is 6.00. The zero-order valence-corrected chi connectivity index (χ0v) is 14.9. The number of ether oxygens (including phenoxy) is 2. The molecule has 1 aliphatic rings. The number of rotatable bonds is 6. The van der Waals surface area contributed by atoms with Crippen molar-refractivity contribution in [2.45, 2.75) is 25.5 Å². The summed E-state index contributed by atoms with van der Waals surface area (Å²) in [4.78, 5) is 14.5. The summed E-state index contributed by atoms with van der Waals surface area (Å²) in [5.74, 6) is 0.760. The molecule has 0 radical (unpaired) electrons. The summed E-state index contributed by atoms with van der Waals surface area (Å²) >= 11 is 0. The predicted molar refractivity (Wildman–Crippen MR) is 99.3 cm³/mol. The molecular formula is C20H24N2O4. The first-order valence-corrected chi connectivity index (χ1v) is 8.70. The highest BCUT2D eigenvalue weighted by atomic mass is 16.5. The van der Waals surface area contributed by atoms with E-state index in [1.807, 2.05) is 30.3 Å². The van der Waals surface area contributed by atoms with Gasteiger partial charge in [-0.15, -0.1) is 0 Å². The van der Waals surface area contributed by atoms with Crippen molar-refractivity contribution >= 4 is 11.6 Å². The first-order valence-electron chi connectivity index (χ1n) is 8.70. The van der Waals surface area contributed by atoms with Gasteiger partial charge in [0.25, 0.3) is 5.91 Å². The lowest BCUT2D eigenvalue weighted by Gasteiger charge is -2.24. The first-order chi connectivity index (χ1) is 12.6. The van der Waals surface area contributed by atoms with Gasteiger partial charge >= 0.3 is 0 Å². The Kier molecular flexibility index (Phi) is 5.63.